The summed E-state index contributed by atoms with van der Waals surface area (Å²) in [6.07, 6.45) is -2.68. The molecule has 0 amide bonds. The van der Waals surface area contributed by atoms with Crippen LogP contribution in [0.25, 0.3) is 11.3 Å². The Morgan fingerprint density at radius 3 is 2.50 bits per heavy atom. The van der Waals surface area contributed by atoms with E-state index in [9.17, 15) is 13.2 Å². The molecule has 0 spiro atoms. The van der Waals surface area contributed by atoms with Gasteiger partial charge < -0.3 is 10.0 Å². The number of hydrogen-bond donors (Lipinski definition) is 1. The molecule has 1 fully saturated rings. The van der Waals surface area contributed by atoms with Crippen LogP contribution in [0.1, 0.15) is 23.5 Å². The maximum absolute atomic E-state index is 13.0. The summed E-state index contributed by atoms with van der Waals surface area (Å²) in [5.74, 6) is -0.810. The lowest BCUT2D eigenvalue weighted by atomic mass is 10.2. The second kappa shape index (κ2) is 5.85. The lowest BCUT2D eigenvalue weighted by Gasteiger charge is -2.18. The van der Waals surface area contributed by atoms with Gasteiger partial charge in [-0.25, -0.2) is 9.97 Å². The van der Waals surface area contributed by atoms with E-state index in [0.29, 0.717) is 29.3 Å². The Balaban J connectivity index is 2.06. The number of halogens is 3. The van der Waals surface area contributed by atoms with Gasteiger partial charge >= 0.3 is 6.18 Å². The van der Waals surface area contributed by atoms with Crippen LogP contribution in [0.5, 0.6) is 0 Å². The Labute approximate surface area is 129 Å². The lowest BCUT2D eigenvalue weighted by Crippen LogP contribution is -2.22. The van der Waals surface area contributed by atoms with Gasteiger partial charge in [-0.15, -0.1) is 11.3 Å². The number of alkyl halides is 3. The number of aromatic nitrogens is 2. The summed E-state index contributed by atoms with van der Waals surface area (Å²) in [4.78, 5) is 9.87. The van der Waals surface area contributed by atoms with Crippen molar-refractivity contribution in [2.45, 2.75) is 25.6 Å². The minimum Gasteiger partial charge on any atom is -0.391 e. The average molecular weight is 329 g/mol. The van der Waals surface area contributed by atoms with Crippen molar-refractivity contribution >= 4 is 17.2 Å². The topological polar surface area (TPSA) is 49.2 Å². The molecule has 1 saturated heterocycles. The van der Waals surface area contributed by atoms with Gasteiger partial charge in [0.25, 0.3) is 0 Å². The van der Waals surface area contributed by atoms with Crippen molar-refractivity contribution in [3.63, 3.8) is 0 Å². The second-order valence-corrected chi connectivity index (χ2v) is 6.08. The minimum atomic E-state index is -4.58. The molecule has 4 nitrogen and oxygen atoms in total. The summed E-state index contributed by atoms with van der Waals surface area (Å²) in [7, 11) is 0. The third kappa shape index (κ3) is 3.07. The summed E-state index contributed by atoms with van der Waals surface area (Å²) in [6.45, 7) is 1.28. The Hall–Kier alpha value is -1.67. The summed E-state index contributed by atoms with van der Waals surface area (Å²) < 4.78 is 39.1. The summed E-state index contributed by atoms with van der Waals surface area (Å²) in [5.41, 5.74) is 0.808. The van der Waals surface area contributed by atoms with E-state index >= 15 is 0 Å². The zero-order chi connectivity index (χ0) is 15.7. The molecule has 0 atom stereocenters. The molecule has 3 rings (SSSR count). The van der Waals surface area contributed by atoms with Gasteiger partial charge in [-0.05, 0) is 18.9 Å². The second-order valence-electron chi connectivity index (χ2n) is 5.09. The van der Waals surface area contributed by atoms with Crippen LogP contribution in [0.2, 0.25) is 0 Å². The standard InChI is InChI=1S/C14H14F3N3OS/c15-14(16,17)13-18-11(9-5-10(7-21)22-8-9)6-12(19-13)20-3-1-2-4-20/h5-6,8,21H,1-4,7H2. The van der Waals surface area contributed by atoms with Crippen LogP contribution in [0, 0.1) is 0 Å². The third-order valence-electron chi connectivity index (χ3n) is 3.50. The van der Waals surface area contributed by atoms with E-state index in [1.54, 1.807) is 17.5 Å². The molecule has 1 N–H and O–H groups in total. The number of hydrogen-bond acceptors (Lipinski definition) is 5. The van der Waals surface area contributed by atoms with Gasteiger partial charge in [-0.3, -0.25) is 0 Å². The van der Waals surface area contributed by atoms with Gasteiger partial charge in [-0.1, -0.05) is 0 Å². The highest BCUT2D eigenvalue weighted by Gasteiger charge is 2.36. The summed E-state index contributed by atoms with van der Waals surface area (Å²) in [5, 5.41) is 10.8. The van der Waals surface area contributed by atoms with Gasteiger partial charge in [0, 0.05) is 35.0 Å². The minimum absolute atomic E-state index is 0.138. The fourth-order valence-corrected chi connectivity index (χ4v) is 3.15. The SMILES string of the molecule is OCc1cc(-c2cc(N3CCCC3)nc(C(F)(F)F)n2)cs1. The van der Waals surface area contributed by atoms with Crippen LogP contribution in [0.3, 0.4) is 0 Å². The molecule has 0 aliphatic carbocycles. The summed E-state index contributed by atoms with van der Waals surface area (Å²) >= 11 is 1.29. The molecule has 3 heterocycles. The van der Waals surface area contributed by atoms with Crippen molar-refractivity contribution in [1.82, 2.24) is 9.97 Å². The third-order valence-corrected chi connectivity index (χ3v) is 4.42. The van der Waals surface area contributed by atoms with Crippen LogP contribution in [-0.4, -0.2) is 28.2 Å². The largest absolute Gasteiger partial charge is 0.451 e. The number of aliphatic hydroxyl groups is 1. The van der Waals surface area contributed by atoms with Gasteiger partial charge in [0.1, 0.15) is 5.82 Å². The Kier molecular flexibility index (Phi) is 4.05. The molecular formula is C14H14F3N3OS. The number of nitrogens with zero attached hydrogens (tertiary/aromatic N) is 3. The summed E-state index contributed by atoms with van der Waals surface area (Å²) in [6, 6.07) is 3.24. The monoisotopic (exact) mass is 329 g/mol. The van der Waals surface area contributed by atoms with E-state index in [4.69, 9.17) is 5.11 Å². The van der Waals surface area contributed by atoms with Crippen LogP contribution in [-0.2, 0) is 12.8 Å². The van der Waals surface area contributed by atoms with Crippen LogP contribution < -0.4 is 4.90 Å². The van der Waals surface area contributed by atoms with E-state index in [1.165, 1.54) is 11.3 Å². The average Bonchev–Trinajstić information content (AvgIpc) is 3.17. The molecule has 0 radical (unpaired) electrons. The predicted molar refractivity (Wildman–Crippen MR) is 77.7 cm³/mol. The number of thiophene rings is 1. The first kappa shape index (κ1) is 15.2. The molecule has 0 unspecified atom stereocenters. The van der Waals surface area contributed by atoms with E-state index in [-0.39, 0.29) is 12.3 Å². The van der Waals surface area contributed by atoms with E-state index < -0.39 is 12.0 Å². The Bertz CT molecular complexity index is 666. The zero-order valence-corrected chi connectivity index (χ0v) is 12.4. The molecule has 2 aromatic heterocycles. The molecular weight excluding hydrogens is 315 g/mol. The van der Waals surface area contributed by atoms with Crippen LogP contribution in [0.15, 0.2) is 17.5 Å². The lowest BCUT2D eigenvalue weighted by molar-refractivity contribution is -0.144. The molecule has 1 aliphatic heterocycles. The number of aliphatic hydroxyl groups excluding tert-OH is 1. The van der Waals surface area contributed by atoms with Gasteiger partial charge in [0.15, 0.2) is 0 Å². The van der Waals surface area contributed by atoms with Gasteiger partial charge in [0.2, 0.25) is 5.82 Å². The highest BCUT2D eigenvalue weighted by molar-refractivity contribution is 7.10. The quantitative estimate of drug-likeness (QED) is 0.938. The van der Waals surface area contributed by atoms with Crippen molar-refractivity contribution in [1.29, 1.82) is 0 Å². The van der Waals surface area contributed by atoms with Crippen molar-refractivity contribution in [3.05, 3.63) is 28.2 Å². The van der Waals surface area contributed by atoms with E-state index in [0.717, 1.165) is 12.8 Å². The number of rotatable bonds is 3. The van der Waals surface area contributed by atoms with Crippen molar-refractivity contribution in [2.75, 3.05) is 18.0 Å². The molecule has 0 saturated carbocycles. The fourth-order valence-electron chi connectivity index (χ4n) is 2.42. The van der Waals surface area contributed by atoms with Crippen LogP contribution >= 0.6 is 11.3 Å². The molecule has 1 aliphatic rings. The van der Waals surface area contributed by atoms with Crippen LogP contribution in [0.4, 0.5) is 19.0 Å². The normalized spacial score (nSPS) is 15.5. The van der Waals surface area contributed by atoms with Gasteiger partial charge in [0.05, 0.1) is 12.3 Å². The predicted octanol–water partition coefficient (Wildman–Crippen LogP) is 3.32. The highest BCUT2D eigenvalue weighted by atomic mass is 32.1. The number of anilines is 1. The Morgan fingerprint density at radius 2 is 1.91 bits per heavy atom. The van der Waals surface area contributed by atoms with E-state index in [2.05, 4.69) is 9.97 Å². The van der Waals surface area contributed by atoms with Crippen molar-refractivity contribution in [3.8, 4) is 11.3 Å². The van der Waals surface area contributed by atoms with Gasteiger partial charge in [-0.2, -0.15) is 13.2 Å². The molecule has 0 bridgehead atoms. The smallest absolute Gasteiger partial charge is 0.391 e. The first-order valence-corrected chi connectivity index (χ1v) is 7.75. The molecule has 0 aromatic carbocycles. The van der Waals surface area contributed by atoms with Crippen molar-refractivity contribution in [2.24, 2.45) is 0 Å². The molecule has 118 valence electrons. The molecule has 2 aromatic rings. The van der Waals surface area contributed by atoms with Crippen molar-refractivity contribution < 1.29 is 18.3 Å². The maximum atomic E-state index is 13.0. The zero-order valence-electron chi connectivity index (χ0n) is 11.6. The fraction of sp³-hybridized carbons (Fsp3) is 0.429. The molecule has 22 heavy (non-hydrogen) atoms. The first-order valence-electron chi connectivity index (χ1n) is 6.87. The maximum Gasteiger partial charge on any atom is 0.451 e. The highest BCUT2D eigenvalue weighted by Crippen LogP contribution is 2.33. The van der Waals surface area contributed by atoms with E-state index in [1.807, 2.05) is 4.90 Å². The molecule has 8 heteroatoms. The first-order chi connectivity index (χ1) is 10.5. The Morgan fingerprint density at radius 1 is 1.18 bits per heavy atom.